The molecular formula is C17H15NO4. The van der Waals surface area contributed by atoms with Crippen molar-refractivity contribution in [3.8, 4) is 6.07 Å². The average Bonchev–Trinajstić information content (AvgIpc) is 2.53. The minimum absolute atomic E-state index is 0.358. The molecule has 5 nitrogen and oxygen atoms in total. The van der Waals surface area contributed by atoms with E-state index in [-0.39, 0.29) is 5.92 Å². The number of esters is 2. The zero-order chi connectivity index (χ0) is 16.1. The molecule has 1 atom stereocenters. The van der Waals surface area contributed by atoms with Gasteiger partial charge in [0.1, 0.15) is 5.76 Å². The van der Waals surface area contributed by atoms with Crippen LogP contribution in [0.1, 0.15) is 30.4 Å². The third-order valence-electron chi connectivity index (χ3n) is 3.31. The summed E-state index contributed by atoms with van der Waals surface area (Å²) in [5.74, 6) is -0.704. The summed E-state index contributed by atoms with van der Waals surface area (Å²) in [6.45, 7) is 1.33. The van der Waals surface area contributed by atoms with Crippen LogP contribution in [0.15, 0.2) is 47.7 Å². The lowest BCUT2D eigenvalue weighted by Crippen LogP contribution is -2.16. The van der Waals surface area contributed by atoms with Gasteiger partial charge >= 0.3 is 11.9 Å². The van der Waals surface area contributed by atoms with Crippen LogP contribution >= 0.6 is 0 Å². The fourth-order valence-electron chi connectivity index (χ4n) is 2.31. The van der Waals surface area contributed by atoms with Gasteiger partial charge < -0.3 is 9.47 Å². The molecule has 112 valence electrons. The highest BCUT2D eigenvalue weighted by atomic mass is 16.5. The topological polar surface area (TPSA) is 76.4 Å². The summed E-state index contributed by atoms with van der Waals surface area (Å²) >= 11 is 0. The number of nitriles is 1. The second-order valence-corrected chi connectivity index (χ2v) is 4.79. The summed E-state index contributed by atoms with van der Waals surface area (Å²) in [5.41, 5.74) is 1.84. The molecule has 0 saturated heterocycles. The van der Waals surface area contributed by atoms with Crippen molar-refractivity contribution in [1.29, 1.82) is 5.26 Å². The van der Waals surface area contributed by atoms with Gasteiger partial charge in [0.25, 0.3) is 0 Å². The van der Waals surface area contributed by atoms with Gasteiger partial charge in [-0.25, -0.2) is 4.79 Å². The molecular weight excluding hydrogens is 282 g/mol. The lowest BCUT2D eigenvalue weighted by molar-refractivity contribution is -0.137. The number of nitrogens with zero attached hydrogens (tertiary/aromatic N) is 1. The molecule has 0 saturated carbocycles. The van der Waals surface area contributed by atoms with Crippen LogP contribution in [0.5, 0.6) is 0 Å². The molecule has 0 amide bonds. The van der Waals surface area contributed by atoms with Gasteiger partial charge in [0.05, 0.1) is 18.7 Å². The number of carbonyl (C=O) groups excluding carboxylic acids is 2. The average molecular weight is 297 g/mol. The van der Waals surface area contributed by atoms with E-state index in [0.29, 0.717) is 23.3 Å². The predicted molar refractivity (Wildman–Crippen MR) is 78.5 cm³/mol. The van der Waals surface area contributed by atoms with Crippen LogP contribution in [-0.2, 0) is 19.1 Å². The van der Waals surface area contributed by atoms with Gasteiger partial charge in [0, 0.05) is 24.8 Å². The third kappa shape index (κ3) is 3.41. The molecule has 22 heavy (non-hydrogen) atoms. The van der Waals surface area contributed by atoms with Gasteiger partial charge in [-0.2, -0.15) is 5.26 Å². The van der Waals surface area contributed by atoms with E-state index in [9.17, 15) is 9.59 Å². The molecule has 0 heterocycles. The summed E-state index contributed by atoms with van der Waals surface area (Å²) in [7, 11) is 1.32. The second-order valence-electron chi connectivity index (χ2n) is 4.79. The van der Waals surface area contributed by atoms with Crippen molar-refractivity contribution in [3.05, 3.63) is 58.9 Å². The number of methoxy groups -OCH3 is 1. The van der Waals surface area contributed by atoms with E-state index in [4.69, 9.17) is 14.7 Å². The van der Waals surface area contributed by atoms with E-state index in [1.165, 1.54) is 14.0 Å². The Morgan fingerprint density at radius 3 is 2.50 bits per heavy atom. The maximum atomic E-state index is 11.9. The lowest BCUT2D eigenvalue weighted by Gasteiger charge is -2.21. The Bertz CT molecular complexity index is 692. The Morgan fingerprint density at radius 2 is 1.95 bits per heavy atom. The largest absolute Gasteiger partial charge is 0.466 e. The Kier molecular flexibility index (Phi) is 4.74. The first-order valence-electron chi connectivity index (χ1n) is 6.72. The lowest BCUT2D eigenvalue weighted by atomic mass is 9.86. The summed E-state index contributed by atoms with van der Waals surface area (Å²) in [6, 6.07) is 8.95. The molecule has 1 aliphatic carbocycles. The second kappa shape index (κ2) is 6.72. The number of hydrogen-bond donors (Lipinski definition) is 0. The molecule has 0 spiro atoms. The molecule has 0 radical (unpaired) electrons. The van der Waals surface area contributed by atoms with Crippen molar-refractivity contribution in [2.45, 2.75) is 19.3 Å². The van der Waals surface area contributed by atoms with Gasteiger partial charge in [0.15, 0.2) is 0 Å². The number of ether oxygens (including phenoxy) is 2. The molecule has 0 aliphatic heterocycles. The highest BCUT2D eigenvalue weighted by Gasteiger charge is 2.26. The summed E-state index contributed by atoms with van der Waals surface area (Å²) in [4.78, 5) is 23.0. The zero-order valence-corrected chi connectivity index (χ0v) is 12.3. The Morgan fingerprint density at radius 1 is 1.27 bits per heavy atom. The van der Waals surface area contributed by atoms with Crippen molar-refractivity contribution in [1.82, 2.24) is 0 Å². The fourth-order valence-corrected chi connectivity index (χ4v) is 2.31. The van der Waals surface area contributed by atoms with Gasteiger partial charge in [-0.3, -0.25) is 4.79 Å². The molecule has 0 bridgehead atoms. The third-order valence-corrected chi connectivity index (χ3v) is 3.31. The van der Waals surface area contributed by atoms with E-state index in [1.807, 2.05) is 6.07 Å². The highest BCUT2D eigenvalue weighted by molar-refractivity contribution is 5.91. The minimum Gasteiger partial charge on any atom is -0.466 e. The smallest absolute Gasteiger partial charge is 0.334 e. The number of benzene rings is 1. The molecule has 1 unspecified atom stereocenters. The van der Waals surface area contributed by atoms with Crippen LogP contribution in [0.4, 0.5) is 0 Å². The number of hydrogen-bond acceptors (Lipinski definition) is 5. The number of allylic oxidation sites excluding steroid dienone is 2. The first-order chi connectivity index (χ1) is 10.5. The molecule has 0 aromatic heterocycles. The van der Waals surface area contributed by atoms with Crippen molar-refractivity contribution >= 4 is 11.9 Å². The Hall–Kier alpha value is -2.87. The van der Waals surface area contributed by atoms with Gasteiger partial charge in [-0.05, 0) is 23.8 Å². The van der Waals surface area contributed by atoms with Crippen molar-refractivity contribution in [3.63, 3.8) is 0 Å². The van der Waals surface area contributed by atoms with Crippen LogP contribution < -0.4 is 0 Å². The monoisotopic (exact) mass is 297 g/mol. The maximum Gasteiger partial charge on any atom is 0.334 e. The zero-order valence-electron chi connectivity index (χ0n) is 12.3. The van der Waals surface area contributed by atoms with Gasteiger partial charge in [-0.1, -0.05) is 18.2 Å². The standard InChI is InChI=1S/C17H15NO4/c1-11(19)22-14-7-8-15(17(20)21-2)16(9-14)13-5-3-12(10-18)4-6-13/h3-6,8-9,16H,7H2,1-2H3. The van der Waals surface area contributed by atoms with Crippen LogP contribution in [0.2, 0.25) is 0 Å². The van der Waals surface area contributed by atoms with E-state index in [0.717, 1.165) is 5.56 Å². The van der Waals surface area contributed by atoms with E-state index in [1.54, 1.807) is 36.4 Å². The van der Waals surface area contributed by atoms with E-state index >= 15 is 0 Å². The first-order valence-corrected chi connectivity index (χ1v) is 6.72. The molecule has 1 aromatic carbocycles. The Balaban J connectivity index is 2.38. The van der Waals surface area contributed by atoms with Gasteiger partial charge in [-0.15, -0.1) is 0 Å². The fraction of sp³-hybridized carbons (Fsp3) is 0.235. The normalized spacial score (nSPS) is 16.9. The summed E-state index contributed by atoms with van der Waals surface area (Å²) in [6.07, 6.45) is 3.79. The van der Waals surface area contributed by atoms with Gasteiger partial charge in [0.2, 0.25) is 0 Å². The molecule has 2 rings (SSSR count). The molecule has 1 aliphatic rings. The molecule has 0 N–H and O–H groups in total. The predicted octanol–water partition coefficient (Wildman–Crippen LogP) is 2.59. The van der Waals surface area contributed by atoms with Crippen LogP contribution in [0.25, 0.3) is 0 Å². The van der Waals surface area contributed by atoms with E-state index < -0.39 is 11.9 Å². The summed E-state index contributed by atoms with van der Waals surface area (Å²) in [5, 5.41) is 8.85. The summed E-state index contributed by atoms with van der Waals surface area (Å²) < 4.78 is 9.93. The van der Waals surface area contributed by atoms with E-state index in [2.05, 4.69) is 0 Å². The number of rotatable bonds is 3. The van der Waals surface area contributed by atoms with Crippen molar-refractivity contribution < 1.29 is 19.1 Å². The first kappa shape index (κ1) is 15.5. The van der Waals surface area contributed by atoms with Crippen LogP contribution in [-0.4, -0.2) is 19.0 Å². The molecule has 5 heteroatoms. The Labute approximate surface area is 128 Å². The number of carbonyl (C=O) groups is 2. The SMILES string of the molecule is COC(=O)C1=CCC(OC(C)=O)=CC1c1ccc(C#N)cc1. The minimum atomic E-state index is -0.424. The highest BCUT2D eigenvalue weighted by Crippen LogP contribution is 2.33. The maximum absolute atomic E-state index is 11.9. The molecule has 0 fully saturated rings. The van der Waals surface area contributed by atoms with Crippen LogP contribution in [0, 0.1) is 11.3 Å². The molecule has 1 aromatic rings. The van der Waals surface area contributed by atoms with Crippen LogP contribution in [0.3, 0.4) is 0 Å². The van der Waals surface area contributed by atoms with Crippen molar-refractivity contribution in [2.24, 2.45) is 0 Å². The quantitative estimate of drug-likeness (QED) is 0.801. The van der Waals surface area contributed by atoms with Crippen molar-refractivity contribution in [2.75, 3.05) is 7.11 Å².